The fourth-order valence-corrected chi connectivity index (χ4v) is 1.43. The van der Waals surface area contributed by atoms with Crippen LogP contribution in [0.25, 0.3) is 0 Å². The number of allylic oxidation sites excluding steroid dienone is 1. The molecule has 0 saturated carbocycles. The molecular weight excluding hydrogens is 230 g/mol. The minimum absolute atomic E-state index is 0.339. The summed E-state index contributed by atoms with van der Waals surface area (Å²) in [7, 11) is 0. The molecule has 1 aromatic rings. The van der Waals surface area contributed by atoms with E-state index in [0.29, 0.717) is 13.2 Å². The van der Waals surface area contributed by atoms with E-state index in [-0.39, 0.29) is 5.97 Å². The summed E-state index contributed by atoms with van der Waals surface area (Å²) in [5, 5.41) is 3.11. The maximum atomic E-state index is 11.2. The number of anilines is 1. The van der Waals surface area contributed by atoms with E-state index in [2.05, 4.69) is 5.32 Å². The van der Waals surface area contributed by atoms with Crippen molar-refractivity contribution in [2.45, 2.75) is 20.8 Å². The van der Waals surface area contributed by atoms with Crippen molar-refractivity contribution in [3.05, 3.63) is 36.0 Å². The van der Waals surface area contributed by atoms with Crippen molar-refractivity contribution in [2.24, 2.45) is 0 Å². The van der Waals surface area contributed by atoms with Gasteiger partial charge in [0, 0.05) is 17.5 Å². The number of ether oxygens (including phenoxy) is 2. The molecule has 0 spiro atoms. The monoisotopic (exact) mass is 249 g/mol. The van der Waals surface area contributed by atoms with E-state index < -0.39 is 0 Å². The highest BCUT2D eigenvalue weighted by Crippen LogP contribution is 2.16. The van der Waals surface area contributed by atoms with E-state index in [9.17, 15) is 4.79 Å². The molecule has 1 aromatic carbocycles. The van der Waals surface area contributed by atoms with Crippen LogP contribution < -0.4 is 10.1 Å². The summed E-state index contributed by atoms with van der Waals surface area (Å²) in [5.74, 6) is 0.489. The fraction of sp³-hybridized carbons (Fsp3) is 0.357. The molecule has 0 aliphatic rings. The van der Waals surface area contributed by atoms with E-state index in [4.69, 9.17) is 9.47 Å². The van der Waals surface area contributed by atoms with Gasteiger partial charge in [0.1, 0.15) is 5.75 Å². The lowest BCUT2D eigenvalue weighted by Gasteiger charge is -2.08. The Labute approximate surface area is 108 Å². The number of carbonyl (C=O) groups excluding carboxylic acids is 1. The molecule has 0 heterocycles. The van der Waals surface area contributed by atoms with Gasteiger partial charge in [-0.15, -0.1) is 0 Å². The Balaban J connectivity index is 2.58. The Bertz CT molecular complexity index is 410. The average molecular weight is 249 g/mol. The van der Waals surface area contributed by atoms with Crippen LogP contribution in [0, 0.1) is 0 Å². The third-order valence-corrected chi connectivity index (χ3v) is 2.13. The molecule has 18 heavy (non-hydrogen) atoms. The second kappa shape index (κ2) is 7.37. The molecule has 4 nitrogen and oxygen atoms in total. The highest BCUT2D eigenvalue weighted by molar-refractivity contribution is 5.83. The van der Waals surface area contributed by atoms with Gasteiger partial charge >= 0.3 is 5.97 Å². The van der Waals surface area contributed by atoms with Gasteiger partial charge in [-0.05, 0) is 45.0 Å². The van der Waals surface area contributed by atoms with Crippen LogP contribution in [0.3, 0.4) is 0 Å². The van der Waals surface area contributed by atoms with Crippen LogP contribution >= 0.6 is 0 Å². The smallest absolute Gasteiger partial charge is 0.332 e. The summed E-state index contributed by atoms with van der Waals surface area (Å²) in [6.45, 7) is 6.56. The first-order chi connectivity index (χ1) is 8.65. The van der Waals surface area contributed by atoms with Gasteiger partial charge in [-0.3, -0.25) is 0 Å². The molecule has 0 fully saturated rings. The highest BCUT2D eigenvalue weighted by atomic mass is 16.5. The Morgan fingerprint density at radius 3 is 2.44 bits per heavy atom. The normalized spacial score (nSPS) is 10.9. The molecule has 1 N–H and O–H groups in total. The molecule has 4 heteroatoms. The molecule has 0 aromatic heterocycles. The zero-order valence-corrected chi connectivity index (χ0v) is 11.0. The molecule has 0 radical (unpaired) electrons. The minimum atomic E-state index is -0.339. The van der Waals surface area contributed by atoms with Gasteiger partial charge in [0.05, 0.1) is 13.2 Å². The van der Waals surface area contributed by atoms with Crippen molar-refractivity contribution in [1.82, 2.24) is 0 Å². The molecule has 0 bridgehead atoms. The molecule has 0 saturated heterocycles. The number of benzene rings is 1. The summed E-state index contributed by atoms with van der Waals surface area (Å²) in [6, 6.07) is 7.55. The molecule has 0 aliphatic heterocycles. The van der Waals surface area contributed by atoms with Crippen LogP contribution in [0.2, 0.25) is 0 Å². The third-order valence-electron chi connectivity index (χ3n) is 2.13. The van der Waals surface area contributed by atoms with E-state index >= 15 is 0 Å². The van der Waals surface area contributed by atoms with Gasteiger partial charge in [0.2, 0.25) is 0 Å². The van der Waals surface area contributed by atoms with Crippen molar-refractivity contribution >= 4 is 11.7 Å². The number of hydrogen-bond donors (Lipinski definition) is 1. The van der Waals surface area contributed by atoms with Crippen molar-refractivity contribution in [3.63, 3.8) is 0 Å². The van der Waals surface area contributed by atoms with Crippen LogP contribution in [-0.4, -0.2) is 19.2 Å². The second-order valence-electron chi connectivity index (χ2n) is 3.66. The Kier molecular flexibility index (Phi) is 5.77. The van der Waals surface area contributed by atoms with Gasteiger partial charge in [0.15, 0.2) is 0 Å². The fourth-order valence-electron chi connectivity index (χ4n) is 1.43. The summed E-state index contributed by atoms with van der Waals surface area (Å²) >= 11 is 0. The van der Waals surface area contributed by atoms with Gasteiger partial charge < -0.3 is 14.8 Å². The SMILES string of the molecule is CCOC(=O)/C=C(\C)Nc1ccc(OCC)cc1. The number of esters is 1. The first-order valence-electron chi connectivity index (χ1n) is 6.00. The topological polar surface area (TPSA) is 47.6 Å². The lowest BCUT2D eigenvalue weighted by Crippen LogP contribution is -2.04. The molecule has 0 atom stereocenters. The summed E-state index contributed by atoms with van der Waals surface area (Å²) in [5.41, 5.74) is 1.63. The first-order valence-corrected chi connectivity index (χ1v) is 6.00. The summed E-state index contributed by atoms with van der Waals surface area (Å²) in [4.78, 5) is 11.2. The predicted octanol–water partition coefficient (Wildman–Crippen LogP) is 2.96. The van der Waals surface area contributed by atoms with E-state index in [1.165, 1.54) is 6.08 Å². The lowest BCUT2D eigenvalue weighted by molar-refractivity contribution is -0.137. The maximum Gasteiger partial charge on any atom is 0.332 e. The Morgan fingerprint density at radius 2 is 1.89 bits per heavy atom. The molecule has 98 valence electrons. The van der Waals surface area contributed by atoms with E-state index in [0.717, 1.165) is 17.1 Å². The molecule has 1 rings (SSSR count). The highest BCUT2D eigenvalue weighted by Gasteiger charge is 1.99. The van der Waals surface area contributed by atoms with Crippen molar-refractivity contribution < 1.29 is 14.3 Å². The van der Waals surface area contributed by atoms with Gasteiger partial charge in [0.25, 0.3) is 0 Å². The predicted molar refractivity (Wildman–Crippen MR) is 71.6 cm³/mol. The average Bonchev–Trinajstić information content (AvgIpc) is 2.32. The van der Waals surface area contributed by atoms with Crippen LogP contribution in [0.15, 0.2) is 36.0 Å². The Morgan fingerprint density at radius 1 is 1.22 bits per heavy atom. The zero-order chi connectivity index (χ0) is 13.4. The van der Waals surface area contributed by atoms with Crippen molar-refractivity contribution in [3.8, 4) is 5.75 Å². The van der Waals surface area contributed by atoms with Crippen LogP contribution in [0.1, 0.15) is 20.8 Å². The van der Waals surface area contributed by atoms with Crippen LogP contribution in [-0.2, 0) is 9.53 Å². The number of carbonyl (C=O) groups is 1. The largest absolute Gasteiger partial charge is 0.494 e. The molecule has 0 unspecified atom stereocenters. The summed E-state index contributed by atoms with van der Waals surface area (Å²) in [6.07, 6.45) is 1.43. The van der Waals surface area contributed by atoms with Gasteiger partial charge in [-0.25, -0.2) is 4.79 Å². The third kappa shape index (κ3) is 4.91. The van der Waals surface area contributed by atoms with Gasteiger partial charge in [-0.1, -0.05) is 0 Å². The summed E-state index contributed by atoms with van der Waals surface area (Å²) < 4.78 is 10.2. The molecule has 0 amide bonds. The zero-order valence-electron chi connectivity index (χ0n) is 11.0. The van der Waals surface area contributed by atoms with E-state index in [1.54, 1.807) is 6.92 Å². The quantitative estimate of drug-likeness (QED) is 0.622. The number of rotatable bonds is 6. The number of nitrogens with one attached hydrogen (secondary N) is 1. The molecule has 0 aliphatic carbocycles. The first kappa shape index (κ1) is 14.1. The lowest BCUT2D eigenvalue weighted by atomic mass is 10.3. The minimum Gasteiger partial charge on any atom is -0.494 e. The standard InChI is InChI=1S/C14H19NO3/c1-4-17-13-8-6-12(7-9-13)15-11(3)10-14(16)18-5-2/h6-10,15H,4-5H2,1-3H3/b11-10+. The second-order valence-corrected chi connectivity index (χ2v) is 3.66. The van der Waals surface area contributed by atoms with Crippen molar-refractivity contribution in [1.29, 1.82) is 0 Å². The van der Waals surface area contributed by atoms with Crippen molar-refractivity contribution in [2.75, 3.05) is 18.5 Å². The number of hydrogen-bond acceptors (Lipinski definition) is 4. The van der Waals surface area contributed by atoms with E-state index in [1.807, 2.05) is 38.1 Å². The van der Waals surface area contributed by atoms with Crippen LogP contribution in [0.5, 0.6) is 5.75 Å². The van der Waals surface area contributed by atoms with Gasteiger partial charge in [-0.2, -0.15) is 0 Å². The Hall–Kier alpha value is -1.97. The van der Waals surface area contributed by atoms with Crippen LogP contribution in [0.4, 0.5) is 5.69 Å². The maximum absolute atomic E-state index is 11.2. The molecular formula is C14H19NO3.